The van der Waals surface area contributed by atoms with Gasteiger partial charge in [0.25, 0.3) is 0 Å². The second-order valence-corrected chi connectivity index (χ2v) is 7.58. The molecule has 0 aliphatic carbocycles. The highest BCUT2D eigenvalue weighted by molar-refractivity contribution is 5.67. The lowest BCUT2D eigenvalue weighted by Crippen LogP contribution is -2.36. The van der Waals surface area contributed by atoms with Gasteiger partial charge in [-0.1, -0.05) is 0 Å². The van der Waals surface area contributed by atoms with Gasteiger partial charge in [-0.3, -0.25) is 4.90 Å². The maximum atomic E-state index is 13.6. The average Bonchev–Trinajstić information content (AvgIpc) is 2.96. The number of amides is 1. The maximum absolute atomic E-state index is 13.6. The summed E-state index contributed by atoms with van der Waals surface area (Å²) in [6.45, 7) is 10.3. The van der Waals surface area contributed by atoms with Crippen molar-refractivity contribution in [1.29, 1.82) is 0 Å². The number of alkyl carbamates (subject to hydrolysis) is 1. The Balaban J connectivity index is 1.88. The average molecular weight is 370 g/mol. The van der Waals surface area contributed by atoms with Gasteiger partial charge in [0.1, 0.15) is 11.4 Å². The van der Waals surface area contributed by atoms with Crippen LogP contribution in [0.5, 0.6) is 5.75 Å². The number of carbonyl (C=O) groups excluding carboxylic acids is 1. The van der Waals surface area contributed by atoms with Crippen molar-refractivity contribution in [3.8, 4) is 5.75 Å². The normalized spacial score (nSPS) is 18.0. The minimum absolute atomic E-state index is 0.295. The number of ether oxygens (including phenoxy) is 2. The third-order valence-electron chi connectivity index (χ3n) is 4.10. The molecule has 1 heterocycles. The topological polar surface area (TPSA) is 50.8 Å². The Morgan fingerprint density at radius 1 is 1.31 bits per heavy atom. The largest absolute Gasteiger partial charge is 0.493 e. The van der Waals surface area contributed by atoms with Gasteiger partial charge in [-0.05, 0) is 52.6 Å². The van der Waals surface area contributed by atoms with Crippen LogP contribution in [-0.4, -0.2) is 42.8 Å². The highest BCUT2D eigenvalue weighted by Crippen LogP contribution is 2.26. The molecule has 1 atom stereocenters. The molecule has 0 radical (unpaired) electrons. The van der Waals surface area contributed by atoms with Gasteiger partial charge in [0.05, 0.1) is 6.61 Å². The molecular weight excluding hydrogens is 342 g/mol. The molecule has 1 amide bonds. The zero-order valence-corrected chi connectivity index (χ0v) is 15.9. The molecule has 1 aromatic carbocycles. The van der Waals surface area contributed by atoms with Crippen LogP contribution in [0.3, 0.4) is 0 Å². The summed E-state index contributed by atoms with van der Waals surface area (Å²) in [6, 6.07) is 2.30. The Morgan fingerprint density at radius 2 is 2.00 bits per heavy atom. The predicted molar refractivity (Wildman–Crippen MR) is 95.1 cm³/mol. The second kappa shape index (κ2) is 8.66. The fourth-order valence-corrected chi connectivity index (χ4v) is 2.99. The smallest absolute Gasteiger partial charge is 0.407 e. The van der Waals surface area contributed by atoms with Gasteiger partial charge < -0.3 is 14.8 Å². The Kier molecular flexibility index (Phi) is 6.81. The number of carbonyl (C=O) groups is 1. The molecule has 1 aliphatic rings. The van der Waals surface area contributed by atoms with Crippen LogP contribution in [-0.2, 0) is 11.3 Å². The number of nitrogens with one attached hydrogen (secondary N) is 1. The van der Waals surface area contributed by atoms with Crippen LogP contribution < -0.4 is 10.1 Å². The first-order valence-electron chi connectivity index (χ1n) is 8.98. The summed E-state index contributed by atoms with van der Waals surface area (Å²) in [6.07, 6.45) is 0.499. The number of benzene rings is 1. The molecule has 5 nitrogen and oxygen atoms in total. The quantitative estimate of drug-likeness (QED) is 0.829. The monoisotopic (exact) mass is 370 g/mol. The lowest BCUT2D eigenvalue weighted by Gasteiger charge is -2.21. The number of hydrogen-bond acceptors (Lipinski definition) is 4. The minimum atomic E-state index is -0.905. The number of halogens is 2. The van der Waals surface area contributed by atoms with Gasteiger partial charge in [0, 0.05) is 31.3 Å². The van der Waals surface area contributed by atoms with Crippen molar-refractivity contribution < 1.29 is 23.0 Å². The molecule has 1 N–H and O–H groups in total. The molecule has 0 spiro atoms. The van der Waals surface area contributed by atoms with E-state index in [1.165, 1.54) is 6.07 Å². The van der Waals surface area contributed by atoms with Crippen LogP contribution in [0.2, 0.25) is 0 Å². The van der Waals surface area contributed by atoms with Gasteiger partial charge in [-0.15, -0.1) is 0 Å². The molecule has 1 unspecified atom stereocenters. The molecule has 26 heavy (non-hydrogen) atoms. The Bertz CT molecular complexity index is 632. The first kappa shape index (κ1) is 20.4. The summed E-state index contributed by atoms with van der Waals surface area (Å²) in [5, 5.41) is 2.79. The second-order valence-electron chi connectivity index (χ2n) is 7.58. The Hall–Kier alpha value is -1.89. The highest BCUT2D eigenvalue weighted by Gasteiger charge is 2.25. The summed E-state index contributed by atoms with van der Waals surface area (Å²) >= 11 is 0. The zero-order valence-electron chi connectivity index (χ0n) is 15.9. The van der Waals surface area contributed by atoms with Crippen molar-refractivity contribution in [2.75, 3.05) is 26.2 Å². The third kappa shape index (κ3) is 6.12. The van der Waals surface area contributed by atoms with Gasteiger partial charge >= 0.3 is 6.09 Å². The predicted octanol–water partition coefficient (Wildman–Crippen LogP) is 3.71. The van der Waals surface area contributed by atoms with Gasteiger partial charge in [-0.25, -0.2) is 13.6 Å². The summed E-state index contributed by atoms with van der Waals surface area (Å²) in [7, 11) is 0. The van der Waals surface area contributed by atoms with Crippen LogP contribution in [0.4, 0.5) is 13.6 Å². The van der Waals surface area contributed by atoms with E-state index in [-0.39, 0.29) is 0 Å². The summed E-state index contributed by atoms with van der Waals surface area (Å²) in [4.78, 5) is 13.9. The van der Waals surface area contributed by atoms with Crippen LogP contribution in [0.25, 0.3) is 0 Å². The highest BCUT2D eigenvalue weighted by atomic mass is 19.2. The summed E-state index contributed by atoms with van der Waals surface area (Å²) in [5.74, 6) is -1.10. The molecule has 0 aromatic heterocycles. The van der Waals surface area contributed by atoms with E-state index >= 15 is 0 Å². The fourth-order valence-electron chi connectivity index (χ4n) is 2.99. The van der Waals surface area contributed by atoms with Crippen LogP contribution in [0.1, 0.15) is 39.7 Å². The first-order chi connectivity index (χ1) is 12.2. The van der Waals surface area contributed by atoms with E-state index in [2.05, 4.69) is 10.2 Å². The van der Waals surface area contributed by atoms with E-state index in [4.69, 9.17) is 9.47 Å². The molecular formula is C19H28F2N2O3. The molecule has 0 bridgehead atoms. The fraction of sp³-hybridized carbons (Fsp3) is 0.632. The van der Waals surface area contributed by atoms with Crippen molar-refractivity contribution >= 4 is 6.09 Å². The van der Waals surface area contributed by atoms with Gasteiger partial charge in [0.15, 0.2) is 11.6 Å². The number of rotatable bonds is 6. The van der Waals surface area contributed by atoms with E-state index < -0.39 is 23.3 Å². The SMILES string of the molecule is CCOc1cc(F)c(F)cc1CN1CCC(CNC(=O)OC(C)(C)C)C1. The molecule has 1 aromatic rings. The standard InChI is InChI=1S/C19H28F2N2O3/c1-5-25-17-9-16(21)15(20)8-14(17)12-23-7-6-13(11-23)10-22-18(24)26-19(2,3)4/h8-9,13H,5-7,10-12H2,1-4H3,(H,22,24). The molecule has 2 rings (SSSR count). The van der Waals surface area contributed by atoms with E-state index in [9.17, 15) is 13.6 Å². The lowest BCUT2D eigenvalue weighted by atomic mass is 10.1. The van der Waals surface area contributed by atoms with Crippen molar-refractivity contribution in [2.24, 2.45) is 5.92 Å². The summed E-state index contributed by atoms with van der Waals surface area (Å²) in [5.41, 5.74) is 0.111. The van der Waals surface area contributed by atoms with E-state index in [0.29, 0.717) is 36.9 Å². The third-order valence-corrected chi connectivity index (χ3v) is 4.10. The first-order valence-corrected chi connectivity index (χ1v) is 8.98. The minimum Gasteiger partial charge on any atom is -0.493 e. The molecule has 0 saturated carbocycles. The van der Waals surface area contributed by atoms with Crippen molar-refractivity contribution in [3.05, 3.63) is 29.3 Å². The number of nitrogens with zero attached hydrogens (tertiary/aromatic N) is 1. The number of hydrogen-bond donors (Lipinski definition) is 1. The molecule has 1 saturated heterocycles. The number of likely N-dealkylation sites (tertiary alicyclic amines) is 1. The van der Waals surface area contributed by atoms with Gasteiger partial charge in [-0.2, -0.15) is 0 Å². The van der Waals surface area contributed by atoms with Crippen LogP contribution in [0, 0.1) is 17.6 Å². The van der Waals surface area contributed by atoms with E-state index in [1.54, 1.807) is 6.92 Å². The molecule has 7 heteroatoms. The zero-order chi connectivity index (χ0) is 19.3. The molecule has 1 aliphatic heterocycles. The molecule has 1 fully saturated rings. The summed E-state index contributed by atoms with van der Waals surface area (Å²) < 4.78 is 37.7. The molecule has 146 valence electrons. The van der Waals surface area contributed by atoms with E-state index in [0.717, 1.165) is 25.6 Å². The lowest BCUT2D eigenvalue weighted by molar-refractivity contribution is 0.0519. The van der Waals surface area contributed by atoms with Crippen molar-refractivity contribution in [1.82, 2.24) is 10.2 Å². The van der Waals surface area contributed by atoms with E-state index in [1.807, 2.05) is 20.8 Å². The van der Waals surface area contributed by atoms with Gasteiger partial charge in [0.2, 0.25) is 0 Å². The van der Waals surface area contributed by atoms with Crippen molar-refractivity contribution in [3.63, 3.8) is 0 Å². The van der Waals surface area contributed by atoms with Crippen LogP contribution >= 0.6 is 0 Å². The maximum Gasteiger partial charge on any atom is 0.407 e. The Labute approximate surface area is 153 Å². The van der Waals surface area contributed by atoms with Crippen LogP contribution in [0.15, 0.2) is 12.1 Å². The van der Waals surface area contributed by atoms with Crippen molar-refractivity contribution in [2.45, 2.75) is 46.3 Å². The Morgan fingerprint density at radius 3 is 2.65 bits per heavy atom.